The van der Waals surface area contributed by atoms with Gasteiger partial charge in [-0.3, -0.25) is 4.79 Å². The van der Waals surface area contributed by atoms with Crippen molar-refractivity contribution >= 4 is 52.2 Å². The van der Waals surface area contributed by atoms with Crippen molar-refractivity contribution in [3.8, 4) is 0 Å². The number of benzene rings is 1. The molecule has 0 amide bonds. The lowest BCUT2D eigenvalue weighted by atomic mass is 10.2. The minimum atomic E-state index is -0.568. The van der Waals surface area contributed by atoms with E-state index in [0.29, 0.717) is 10.4 Å². The molecule has 0 atom stereocenters. The molecular weight excluding hydrogens is 346 g/mol. The van der Waals surface area contributed by atoms with Gasteiger partial charge in [-0.1, -0.05) is 42.1 Å². The van der Waals surface area contributed by atoms with Gasteiger partial charge in [0.15, 0.2) is 0 Å². The SMILES string of the molecule is COC(=O)/C=c1\s/c(=C2\N=CN=C2SCc2ccccc2)[nH]c1=O. The Morgan fingerprint density at radius 1 is 1.38 bits per heavy atom. The van der Waals surface area contributed by atoms with Gasteiger partial charge in [0.1, 0.15) is 26.3 Å². The zero-order chi connectivity index (χ0) is 16.9. The van der Waals surface area contributed by atoms with Crippen LogP contribution >= 0.6 is 23.1 Å². The second-order valence-electron chi connectivity index (χ2n) is 4.72. The van der Waals surface area contributed by atoms with Crippen molar-refractivity contribution in [1.82, 2.24) is 4.98 Å². The number of methoxy groups -OCH3 is 1. The molecule has 0 unspecified atom stereocenters. The number of aromatic amines is 1. The first-order chi connectivity index (χ1) is 11.7. The van der Waals surface area contributed by atoms with E-state index in [1.807, 2.05) is 30.3 Å². The minimum Gasteiger partial charge on any atom is -0.466 e. The minimum absolute atomic E-state index is 0.277. The Balaban J connectivity index is 1.89. The fraction of sp³-hybridized carbons (Fsp3) is 0.125. The van der Waals surface area contributed by atoms with Crippen molar-refractivity contribution in [3.05, 3.63) is 55.4 Å². The molecular formula is C16H13N3O3S2. The summed E-state index contributed by atoms with van der Waals surface area (Å²) < 4.78 is 5.40. The Morgan fingerprint density at radius 2 is 2.17 bits per heavy atom. The van der Waals surface area contributed by atoms with Crippen LogP contribution in [0.5, 0.6) is 0 Å². The number of aromatic nitrogens is 1. The van der Waals surface area contributed by atoms with Gasteiger partial charge in [-0.25, -0.2) is 14.8 Å². The van der Waals surface area contributed by atoms with Crippen LogP contribution in [0, 0.1) is 0 Å². The molecule has 0 bridgehead atoms. The maximum Gasteiger partial charge on any atom is 0.332 e. The number of carbonyl (C=O) groups excluding carboxylic acids is 1. The summed E-state index contributed by atoms with van der Waals surface area (Å²) in [5, 5.41) is 0.737. The summed E-state index contributed by atoms with van der Waals surface area (Å²) >= 11 is 2.70. The number of rotatable bonds is 3. The van der Waals surface area contributed by atoms with Crippen LogP contribution in [0.15, 0.2) is 45.1 Å². The molecule has 24 heavy (non-hydrogen) atoms. The van der Waals surface area contributed by atoms with Gasteiger partial charge in [0, 0.05) is 11.8 Å². The second kappa shape index (κ2) is 7.41. The molecule has 0 spiro atoms. The zero-order valence-corrected chi connectivity index (χ0v) is 14.3. The number of carbonyl (C=O) groups is 1. The molecule has 1 aliphatic heterocycles. The molecule has 1 aromatic heterocycles. The highest BCUT2D eigenvalue weighted by Gasteiger charge is 2.14. The van der Waals surface area contributed by atoms with Gasteiger partial charge >= 0.3 is 5.97 Å². The number of H-pyrrole nitrogens is 1. The Kier molecular flexibility index (Phi) is 5.07. The predicted octanol–water partition coefficient (Wildman–Crippen LogP) is 0.872. The normalized spacial score (nSPS) is 16.4. The highest BCUT2D eigenvalue weighted by molar-refractivity contribution is 8.14. The molecule has 1 aliphatic rings. The van der Waals surface area contributed by atoms with Crippen LogP contribution in [-0.4, -0.2) is 29.4 Å². The lowest BCUT2D eigenvalue weighted by Crippen LogP contribution is -2.21. The first kappa shape index (κ1) is 16.4. The molecule has 2 aromatic rings. The van der Waals surface area contributed by atoms with Gasteiger partial charge in [0.2, 0.25) is 0 Å². The van der Waals surface area contributed by atoms with Gasteiger partial charge in [-0.05, 0) is 5.56 Å². The number of ether oxygens (including phenoxy) is 1. The largest absolute Gasteiger partial charge is 0.466 e. The molecule has 0 saturated heterocycles. The van der Waals surface area contributed by atoms with E-state index in [1.54, 1.807) is 11.8 Å². The number of nitrogens with one attached hydrogen (secondary N) is 1. The molecule has 122 valence electrons. The van der Waals surface area contributed by atoms with E-state index in [0.717, 1.165) is 22.1 Å². The Hall–Kier alpha value is -2.45. The molecule has 0 saturated carbocycles. The Bertz CT molecular complexity index is 988. The number of aliphatic imine (C=N–C) groups is 2. The summed E-state index contributed by atoms with van der Waals surface area (Å²) in [5.74, 6) is 0.185. The lowest BCUT2D eigenvalue weighted by Gasteiger charge is -2.01. The number of nitrogens with zero attached hydrogens (tertiary/aromatic N) is 2. The first-order valence-electron chi connectivity index (χ1n) is 6.98. The maximum atomic E-state index is 11.9. The van der Waals surface area contributed by atoms with Crippen LogP contribution in [0.4, 0.5) is 0 Å². The van der Waals surface area contributed by atoms with Gasteiger partial charge < -0.3 is 9.72 Å². The number of thioether (sulfide) groups is 1. The standard InChI is InChI=1S/C16H13N3O3S2/c1-22-12(20)7-11-14(21)19-16(24-11)13-15(18-9-17-13)23-8-10-5-3-2-4-6-10/h2-7,9H,8H2,1H3,(H,19,21)/b11-7-,16-13-. The molecule has 1 aromatic carbocycles. The topological polar surface area (TPSA) is 83.9 Å². The van der Waals surface area contributed by atoms with Crippen molar-refractivity contribution in [1.29, 1.82) is 0 Å². The number of hydrogen-bond donors (Lipinski definition) is 1. The summed E-state index contributed by atoms with van der Waals surface area (Å²) in [5.41, 5.74) is 1.45. The third kappa shape index (κ3) is 3.72. The van der Waals surface area contributed by atoms with Crippen LogP contribution in [0.3, 0.4) is 0 Å². The summed E-state index contributed by atoms with van der Waals surface area (Å²) in [6.45, 7) is 0. The Labute approximate surface area is 145 Å². The maximum absolute atomic E-state index is 11.9. The van der Waals surface area contributed by atoms with Crippen LogP contribution < -0.4 is 14.8 Å². The first-order valence-corrected chi connectivity index (χ1v) is 8.78. The lowest BCUT2D eigenvalue weighted by molar-refractivity contribution is -0.133. The third-order valence-electron chi connectivity index (χ3n) is 3.11. The van der Waals surface area contributed by atoms with Crippen LogP contribution in [0.1, 0.15) is 5.56 Å². The molecule has 0 fully saturated rings. The smallest absolute Gasteiger partial charge is 0.332 e. The van der Waals surface area contributed by atoms with Crippen molar-refractivity contribution in [2.75, 3.05) is 7.11 Å². The summed E-state index contributed by atoms with van der Waals surface area (Å²) in [6, 6.07) is 10.0. The Morgan fingerprint density at radius 3 is 2.92 bits per heavy atom. The number of esters is 1. The quantitative estimate of drug-likeness (QED) is 0.825. The van der Waals surface area contributed by atoms with Crippen molar-refractivity contribution < 1.29 is 9.53 Å². The predicted molar refractivity (Wildman–Crippen MR) is 97.7 cm³/mol. The van der Waals surface area contributed by atoms with Gasteiger partial charge in [0.25, 0.3) is 5.56 Å². The van der Waals surface area contributed by atoms with Crippen molar-refractivity contribution in [2.24, 2.45) is 9.98 Å². The van der Waals surface area contributed by atoms with Gasteiger partial charge in [-0.15, -0.1) is 11.3 Å². The molecule has 0 aliphatic carbocycles. The van der Waals surface area contributed by atoms with E-state index in [2.05, 4.69) is 19.7 Å². The molecule has 2 heterocycles. The molecule has 0 radical (unpaired) electrons. The van der Waals surface area contributed by atoms with Crippen LogP contribution in [0.25, 0.3) is 11.8 Å². The fourth-order valence-electron chi connectivity index (χ4n) is 1.96. The monoisotopic (exact) mass is 359 g/mol. The third-order valence-corrected chi connectivity index (χ3v) is 5.18. The molecule has 6 nitrogen and oxygen atoms in total. The van der Waals surface area contributed by atoms with E-state index in [9.17, 15) is 9.59 Å². The number of hydrogen-bond acceptors (Lipinski definition) is 7. The molecule has 1 N–H and O–H groups in total. The van der Waals surface area contributed by atoms with Crippen molar-refractivity contribution in [3.63, 3.8) is 0 Å². The van der Waals surface area contributed by atoms with E-state index >= 15 is 0 Å². The summed E-state index contributed by atoms with van der Waals surface area (Å²) in [6.07, 6.45) is 2.63. The fourth-order valence-corrected chi connectivity index (χ4v) is 3.84. The molecule has 3 rings (SSSR count). The highest BCUT2D eigenvalue weighted by Crippen LogP contribution is 2.21. The van der Waals surface area contributed by atoms with Crippen LogP contribution in [-0.2, 0) is 15.3 Å². The van der Waals surface area contributed by atoms with Gasteiger partial charge in [0.05, 0.1) is 7.11 Å². The average Bonchev–Trinajstić information content (AvgIpc) is 3.20. The second-order valence-corrected chi connectivity index (χ2v) is 6.74. The zero-order valence-electron chi connectivity index (χ0n) is 12.7. The summed E-state index contributed by atoms with van der Waals surface area (Å²) in [4.78, 5) is 34.4. The van der Waals surface area contributed by atoms with Crippen LogP contribution in [0.2, 0.25) is 0 Å². The summed E-state index contributed by atoms with van der Waals surface area (Å²) in [7, 11) is 1.27. The van der Waals surface area contributed by atoms with E-state index in [-0.39, 0.29) is 10.1 Å². The van der Waals surface area contributed by atoms with E-state index < -0.39 is 5.97 Å². The van der Waals surface area contributed by atoms with E-state index in [1.165, 1.54) is 25.1 Å². The van der Waals surface area contributed by atoms with E-state index in [4.69, 9.17) is 0 Å². The van der Waals surface area contributed by atoms with Gasteiger partial charge in [-0.2, -0.15) is 0 Å². The highest BCUT2D eigenvalue weighted by atomic mass is 32.2. The molecule has 8 heteroatoms. The average molecular weight is 359 g/mol. The van der Waals surface area contributed by atoms with Crippen molar-refractivity contribution in [2.45, 2.75) is 5.75 Å². The number of thiazole rings is 1.